The Hall–Kier alpha value is -3.41. The maximum absolute atomic E-state index is 5.80. The van der Waals surface area contributed by atoms with Crippen molar-refractivity contribution in [3.8, 4) is 17.0 Å². The van der Waals surface area contributed by atoms with Crippen LogP contribution in [0.2, 0.25) is 0 Å². The van der Waals surface area contributed by atoms with E-state index in [4.69, 9.17) is 14.0 Å². The molecular weight excluding hydrogens is 364 g/mol. The molecule has 0 radical (unpaired) electrons. The lowest BCUT2D eigenvalue weighted by Gasteiger charge is -2.14. The van der Waals surface area contributed by atoms with Crippen LogP contribution in [0, 0.1) is 0 Å². The fourth-order valence-corrected chi connectivity index (χ4v) is 4.05. The van der Waals surface area contributed by atoms with Crippen LogP contribution in [0.3, 0.4) is 0 Å². The van der Waals surface area contributed by atoms with Gasteiger partial charge < -0.3 is 18.6 Å². The number of hydrogen-bond acceptors (Lipinski definition) is 4. The van der Waals surface area contributed by atoms with Gasteiger partial charge in [0.1, 0.15) is 5.52 Å². The number of benzene rings is 3. The van der Waals surface area contributed by atoms with Crippen molar-refractivity contribution in [2.24, 2.45) is 0 Å². The van der Waals surface area contributed by atoms with Gasteiger partial charge in [0.15, 0.2) is 12.1 Å². The SMILES string of the molecule is c1ccc2c(-c3onc4ccc(-n5cccc5C5OCCO5)cc34)cccc2c1. The molecule has 5 heteroatoms. The first-order chi connectivity index (χ1) is 14.4. The van der Waals surface area contributed by atoms with E-state index >= 15 is 0 Å². The average molecular weight is 382 g/mol. The number of ether oxygens (including phenoxy) is 2. The molecule has 29 heavy (non-hydrogen) atoms. The van der Waals surface area contributed by atoms with Gasteiger partial charge in [0, 0.05) is 17.4 Å². The van der Waals surface area contributed by atoms with Gasteiger partial charge in [-0.05, 0) is 41.1 Å². The normalized spacial score (nSPS) is 14.9. The van der Waals surface area contributed by atoms with E-state index in [1.165, 1.54) is 5.39 Å². The molecule has 1 aliphatic heterocycles. The summed E-state index contributed by atoms with van der Waals surface area (Å²) < 4.78 is 19.3. The second kappa shape index (κ2) is 6.58. The Morgan fingerprint density at radius 3 is 2.62 bits per heavy atom. The highest BCUT2D eigenvalue weighted by Crippen LogP contribution is 2.35. The van der Waals surface area contributed by atoms with Crippen molar-refractivity contribution >= 4 is 21.7 Å². The highest BCUT2D eigenvalue weighted by Gasteiger charge is 2.22. The van der Waals surface area contributed by atoms with Gasteiger partial charge >= 0.3 is 0 Å². The third-order valence-electron chi connectivity index (χ3n) is 5.42. The number of hydrogen-bond donors (Lipinski definition) is 0. The monoisotopic (exact) mass is 382 g/mol. The Morgan fingerprint density at radius 1 is 0.828 bits per heavy atom. The Bertz CT molecular complexity index is 1320. The zero-order chi connectivity index (χ0) is 19.2. The standard InChI is InChI=1S/C24H18N2O3/c1-2-7-18-16(5-1)6-3-8-19(18)23-20-15-17(10-11-21(20)25-29-23)26-12-4-9-22(26)24-27-13-14-28-24/h1-12,15,24H,13-14H2. The van der Waals surface area contributed by atoms with E-state index in [0.717, 1.165) is 39.0 Å². The van der Waals surface area contributed by atoms with Gasteiger partial charge in [0.25, 0.3) is 0 Å². The van der Waals surface area contributed by atoms with E-state index in [9.17, 15) is 0 Å². The van der Waals surface area contributed by atoms with Crippen LogP contribution in [0.5, 0.6) is 0 Å². The molecule has 3 aromatic carbocycles. The van der Waals surface area contributed by atoms with Crippen molar-refractivity contribution in [2.75, 3.05) is 13.2 Å². The van der Waals surface area contributed by atoms with Crippen LogP contribution in [-0.4, -0.2) is 22.9 Å². The van der Waals surface area contributed by atoms with Gasteiger partial charge in [-0.3, -0.25) is 0 Å². The molecule has 2 aromatic heterocycles. The van der Waals surface area contributed by atoms with E-state index in [1.807, 2.05) is 42.6 Å². The summed E-state index contributed by atoms with van der Waals surface area (Å²) in [5, 5.41) is 7.59. The van der Waals surface area contributed by atoms with Crippen molar-refractivity contribution in [2.45, 2.75) is 6.29 Å². The highest BCUT2D eigenvalue weighted by molar-refractivity contribution is 6.02. The zero-order valence-electron chi connectivity index (χ0n) is 15.6. The maximum Gasteiger partial charge on any atom is 0.199 e. The van der Waals surface area contributed by atoms with Crippen LogP contribution in [-0.2, 0) is 9.47 Å². The minimum atomic E-state index is -0.333. The van der Waals surface area contributed by atoms with Crippen LogP contribution in [0.4, 0.5) is 0 Å². The molecule has 142 valence electrons. The molecule has 1 saturated heterocycles. The van der Waals surface area contributed by atoms with Crippen molar-refractivity contribution < 1.29 is 14.0 Å². The quantitative estimate of drug-likeness (QED) is 0.414. The maximum atomic E-state index is 5.80. The van der Waals surface area contributed by atoms with Gasteiger partial charge in [-0.25, -0.2) is 0 Å². The van der Waals surface area contributed by atoms with Gasteiger partial charge in [0.2, 0.25) is 0 Å². The summed E-state index contributed by atoms with van der Waals surface area (Å²) in [6.07, 6.45) is 1.69. The molecule has 1 fully saturated rings. The Balaban J connectivity index is 1.52. The molecule has 0 saturated carbocycles. The first-order valence-corrected chi connectivity index (χ1v) is 9.67. The number of rotatable bonds is 3. The third-order valence-corrected chi connectivity index (χ3v) is 5.42. The molecule has 0 spiro atoms. The zero-order valence-corrected chi connectivity index (χ0v) is 15.6. The van der Waals surface area contributed by atoms with Crippen LogP contribution in [0.25, 0.3) is 38.7 Å². The second-order valence-electron chi connectivity index (χ2n) is 7.12. The molecular formula is C24H18N2O3. The second-order valence-corrected chi connectivity index (χ2v) is 7.12. The van der Waals surface area contributed by atoms with E-state index in [-0.39, 0.29) is 6.29 Å². The fourth-order valence-electron chi connectivity index (χ4n) is 4.05. The first-order valence-electron chi connectivity index (χ1n) is 9.67. The average Bonchev–Trinajstić information content (AvgIpc) is 3.53. The predicted molar refractivity (Wildman–Crippen MR) is 111 cm³/mol. The van der Waals surface area contributed by atoms with Crippen molar-refractivity contribution in [1.82, 2.24) is 9.72 Å². The molecule has 0 N–H and O–H groups in total. The molecule has 6 rings (SSSR count). The van der Waals surface area contributed by atoms with Crippen molar-refractivity contribution in [1.29, 1.82) is 0 Å². The molecule has 3 heterocycles. The lowest BCUT2D eigenvalue weighted by molar-refractivity contribution is -0.0483. The predicted octanol–water partition coefficient (Wildman–Crippen LogP) is 5.48. The van der Waals surface area contributed by atoms with Crippen LogP contribution in [0.15, 0.2) is 83.5 Å². The molecule has 5 aromatic rings. The summed E-state index contributed by atoms with van der Waals surface area (Å²) >= 11 is 0. The van der Waals surface area contributed by atoms with E-state index < -0.39 is 0 Å². The van der Waals surface area contributed by atoms with Crippen LogP contribution in [0.1, 0.15) is 12.0 Å². The Kier molecular flexibility index (Phi) is 3.75. The van der Waals surface area contributed by atoms with Gasteiger partial charge in [-0.1, -0.05) is 47.6 Å². The summed E-state index contributed by atoms with van der Waals surface area (Å²) in [5.41, 5.74) is 3.86. The number of fused-ring (bicyclic) bond motifs is 2. The molecule has 0 atom stereocenters. The molecule has 0 amide bonds. The molecule has 0 unspecified atom stereocenters. The van der Waals surface area contributed by atoms with E-state index in [2.05, 4.69) is 46.1 Å². The minimum absolute atomic E-state index is 0.333. The summed E-state index contributed by atoms with van der Waals surface area (Å²) in [7, 11) is 0. The molecule has 0 bridgehead atoms. The fraction of sp³-hybridized carbons (Fsp3) is 0.125. The van der Waals surface area contributed by atoms with Crippen LogP contribution < -0.4 is 0 Å². The molecule has 0 aliphatic carbocycles. The number of aromatic nitrogens is 2. The molecule has 5 nitrogen and oxygen atoms in total. The van der Waals surface area contributed by atoms with Crippen LogP contribution >= 0.6 is 0 Å². The van der Waals surface area contributed by atoms with Gasteiger partial charge in [-0.2, -0.15) is 0 Å². The van der Waals surface area contributed by atoms with Gasteiger partial charge in [-0.15, -0.1) is 0 Å². The first kappa shape index (κ1) is 16.5. The lowest BCUT2D eigenvalue weighted by atomic mass is 10.0. The Morgan fingerprint density at radius 2 is 1.69 bits per heavy atom. The summed E-state index contributed by atoms with van der Waals surface area (Å²) in [5.74, 6) is 0.778. The molecule has 1 aliphatic rings. The van der Waals surface area contributed by atoms with Gasteiger partial charge in [0.05, 0.1) is 24.3 Å². The highest BCUT2D eigenvalue weighted by atomic mass is 16.7. The lowest BCUT2D eigenvalue weighted by Crippen LogP contribution is -2.06. The summed E-state index contributed by atoms with van der Waals surface area (Å²) in [6, 6.07) is 24.7. The number of nitrogens with zero attached hydrogens (tertiary/aromatic N) is 2. The largest absolute Gasteiger partial charge is 0.355 e. The van der Waals surface area contributed by atoms with Crippen molar-refractivity contribution in [3.63, 3.8) is 0 Å². The topological polar surface area (TPSA) is 49.4 Å². The summed E-state index contributed by atoms with van der Waals surface area (Å²) in [6.45, 7) is 1.23. The minimum Gasteiger partial charge on any atom is -0.355 e. The smallest absolute Gasteiger partial charge is 0.199 e. The Labute approximate surface area is 167 Å². The van der Waals surface area contributed by atoms with E-state index in [1.54, 1.807) is 0 Å². The summed E-state index contributed by atoms with van der Waals surface area (Å²) in [4.78, 5) is 0. The van der Waals surface area contributed by atoms with E-state index in [0.29, 0.717) is 13.2 Å². The van der Waals surface area contributed by atoms with Crippen molar-refractivity contribution in [3.05, 3.63) is 84.7 Å². The third kappa shape index (κ3) is 2.67.